The van der Waals surface area contributed by atoms with Crippen molar-refractivity contribution in [2.75, 3.05) is 0 Å². The molecule has 9 heteroatoms. The van der Waals surface area contributed by atoms with Crippen LogP contribution in [-0.2, 0) is 43.0 Å². The Morgan fingerprint density at radius 3 is 1.69 bits per heavy atom. The van der Waals surface area contributed by atoms with Gasteiger partial charge in [0.1, 0.15) is 0 Å². The van der Waals surface area contributed by atoms with Crippen LogP contribution in [0.4, 0.5) is 26.3 Å². The molecule has 0 aromatic heterocycles. The maximum atomic E-state index is 12.7. The standard InChI is InChI=1S/C25H17.C15H8F6.C13H21.2ClH.Zr/c1-3-7-18(8-4-1)20-11-13-24-22(15-20)17-23-16-21(12-14-25(23)24)19-9-5-2-6-10-19;16-14(17,18)12-5-1-3-10(8-12)7-11-4-2-6-13(9-11)15(19,20)21;1-5-6-7-11-8-9-12(10-11)13(2,3)4;;;/h1-15H,17H2;1-6,8-9H;9-11H,5-7H2,1-4H3;2*1H;/q-1;;-1;;;+2/p-2. The third-order valence-corrected chi connectivity index (χ3v) is 11.9. The Labute approximate surface area is 389 Å². The van der Waals surface area contributed by atoms with E-state index in [2.05, 4.69) is 143 Å². The van der Waals surface area contributed by atoms with Gasteiger partial charge >= 0.3 is 137 Å². The van der Waals surface area contributed by atoms with Crippen LogP contribution in [0.3, 0.4) is 0 Å². The van der Waals surface area contributed by atoms with E-state index in [4.69, 9.17) is 0 Å². The van der Waals surface area contributed by atoms with Crippen LogP contribution in [0.1, 0.15) is 80.3 Å². The van der Waals surface area contributed by atoms with Crippen LogP contribution >= 0.6 is 0 Å². The number of rotatable bonds is 7. The van der Waals surface area contributed by atoms with E-state index in [1.54, 1.807) is 0 Å². The van der Waals surface area contributed by atoms with E-state index in [0.29, 0.717) is 14.5 Å². The van der Waals surface area contributed by atoms with Crippen molar-refractivity contribution in [1.82, 2.24) is 0 Å². The summed E-state index contributed by atoms with van der Waals surface area (Å²) in [4.78, 5) is 0. The first-order chi connectivity index (χ1) is 28.5. The summed E-state index contributed by atoms with van der Waals surface area (Å²) in [6.45, 7) is 9.03. The van der Waals surface area contributed by atoms with Crippen LogP contribution in [0.5, 0.6) is 0 Å². The van der Waals surface area contributed by atoms with Crippen LogP contribution in [-0.4, -0.2) is 3.21 Å². The van der Waals surface area contributed by atoms with Gasteiger partial charge in [0.05, 0.1) is 0 Å². The van der Waals surface area contributed by atoms with E-state index in [9.17, 15) is 26.3 Å². The van der Waals surface area contributed by atoms with Crippen molar-refractivity contribution in [2.45, 2.75) is 65.7 Å². The molecule has 0 radical (unpaired) electrons. The molecule has 0 saturated carbocycles. The zero-order valence-electron chi connectivity index (χ0n) is 34.9. The molecule has 1 atom stereocenters. The van der Waals surface area contributed by atoms with Crippen molar-refractivity contribution in [3.63, 3.8) is 0 Å². The summed E-state index contributed by atoms with van der Waals surface area (Å²) in [6, 6.07) is 45.2. The van der Waals surface area contributed by atoms with Gasteiger partial charge in [-0.05, 0) is 23.1 Å². The quantitative estimate of drug-likeness (QED) is 0.111. The number of alkyl halides is 6. The fourth-order valence-corrected chi connectivity index (χ4v) is 7.92. The van der Waals surface area contributed by atoms with Gasteiger partial charge in [-0.1, -0.05) is 154 Å². The molecule has 62 heavy (non-hydrogen) atoms. The van der Waals surface area contributed by atoms with Gasteiger partial charge in [-0.25, -0.2) is 6.08 Å². The maximum absolute atomic E-state index is 12.7. The van der Waals surface area contributed by atoms with Gasteiger partial charge in [0.25, 0.3) is 0 Å². The summed E-state index contributed by atoms with van der Waals surface area (Å²) in [5.41, 5.74) is 11.0. The molecule has 1 unspecified atom stereocenters. The topological polar surface area (TPSA) is 0 Å². The molecule has 320 valence electrons. The number of allylic oxidation sites excluding steroid dienone is 4. The van der Waals surface area contributed by atoms with Crippen molar-refractivity contribution in [3.05, 3.63) is 203 Å². The van der Waals surface area contributed by atoms with E-state index < -0.39 is 23.5 Å². The minimum absolute atomic E-state index is 0. The molecule has 6 aromatic carbocycles. The van der Waals surface area contributed by atoms with Crippen molar-refractivity contribution >= 4 is 3.21 Å². The fourth-order valence-electron chi connectivity index (χ4n) is 7.16. The number of benzene rings is 6. The molecule has 0 saturated heterocycles. The Balaban J connectivity index is 0.000000211. The van der Waals surface area contributed by atoms with E-state index >= 15 is 0 Å². The first-order valence-corrected chi connectivity index (χ1v) is 21.3. The Hall–Kier alpha value is -4.29. The van der Waals surface area contributed by atoms with Crippen molar-refractivity contribution in [3.8, 4) is 33.4 Å². The van der Waals surface area contributed by atoms with Crippen LogP contribution in [0.25, 0.3) is 33.4 Å². The number of hydrogen-bond acceptors (Lipinski definition) is 0. The molecule has 8 rings (SSSR count). The summed E-state index contributed by atoms with van der Waals surface area (Å²) in [5, 5.41) is 0. The Bertz CT molecular complexity index is 2330. The van der Waals surface area contributed by atoms with Gasteiger partial charge in [0.15, 0.2) is 0 Å². The van der Waals surface area contributed by atoms with Gasteiger partial charge in [-0.2, -0.15) is 11.6 Å². The molecular formula is C53H46Cl2F6Zr-2. The smallest absolute Gasteiger partial charge is 0.0181 e. The van der Waals surface area contributed by atoms with Gasteiger partial charge in [-0.3, -0.25) is 6.08 Å². The second-order valence-electron chi connectivity index (χ2n) is 16.0. The Morgan fingerprint density at radius 2 is 1.18 bits per heavy atom. The third kappa shape index (κ3) is 13.1. The first kappa shape index (κ1) is 50.4. The molecule has 0 aliphatic heterocycles. The van der Waals surface area contributed by atoms with Gasteiger partial charge < -0.3 is 24.8 Å². The van der Waals surface area contributed by atoms with Crippen molar-refractivity contribution in [1.29, 1.82) is 0 Å². The minimum atomic E-state index is -4.49. The summed E-state index contributed by atoms with van der Waals surface area (Å²) in [6.07, 6.45) is 3.87. The minimum Gasteiger partial charge on any atom is -1.00 e. The zero-order valence-corrected chi connectivity index (χ0v) is 38.8. The molecule has 0 nitrogen and oxygen atoms in total. The number of unbranched alkanes of at least 4 members (excludes halogenated alkanes) is 1. The molecule has 0 fully saturated rings. The van der Waals surface area contributed by atoms with Crippen LogP contribution in [0, 0.1) is 23.5 Å². The maximum Gasteiger partial charge on any atom is -0.0181 e. The SMILES string of the molecule is CCCCC1[C-]=CC(C(C)(C)C)=C1.FC(F)(F)c1cccc([C](=[Zr+2])c2cccc(C(F)(F)F)c2)c1.[Cl-].[Cl-].[c-]1c(-c2ccccc2)ccc2c1Cc1cc(-c3ccccc3)ccc1-2. The second-order valence-corrected chi connectivity index (χ2v) is 17.2. The number of hydrogen-bond donors (Lipinski definition) is 0. The fraction of sp³-hybridized carbons (Fsp3) is 0.226. The van der Waals surface area contributed by atoms with Gasteiger partial charge in [-0.15, -0.1) is 29.3 Å². The summed E-state index contributed by atoms with van der Waals surface area (Å²) >= 11 is 0.729. The van der Waals surface area contributed by atoms with E-state index in [1.807, 2.05) is 0 Å². The predicted molar refractivity (Wildman–Crippen MR) is 229 cm³/mol. The van der Waals surface area contributed by atoms with E-state index in [1.165, 1.54) is 93.6 Å². The van der Waals surface area contributed by atoms with Gasteiger partial charge in [0, 0.05) is 0 Å². The van der Waals surface area contributed by atoms with Crippen molar-refractivity contribution < 1.29 is 75.4 Å². The Kier molecular flexibility index (Phi) is 17.8. The third-order valence-electron chi connectivity index (χ3n) is 10.5. The Morgan fingerprint density at radius 1 is 0.629 bits per heavy atom. The summed E-state index contributed by atoms with van der Waals surface area (Å²) in [7, 11) is 0. The van der Waals surface area contributed by atoms with Crippen LogP contribution < -0.4 is 24.8 Å². The van der Waals surface area contributed by atoms with E-state index in [0.717, 1.165) is 54.9 Å². The number of fused-ring (bicyclic) bond motifs is 3. The molecule has 2 aliphatic carbocycles. The summed E-state index contributed by atoms with van der Waals surface area (Å²) < 4.78 is 76.7. The summed E-state index contributed by atoms with van der Waals surface area (Å²) in [5.74, 6) is 0.592. The van der Waals surface area contributed by atoms with Gasteiger partial charge in [0.2, 0.25) is 0 Å². The molecular weight excluding hydrogens is 913 g/mol. The average Bonchev–Trinajstić information content (AvgIpc) is 3.88. The largest absolute Gasteiger partial charge is 1.00 e. The predicted octanol–water partition coefficient (Wildman–Crippen LogP) is 9.38. The van der Waals surface area contributed by atoms with Crippen LogP contribution in [0.2, 0.25) is 0 Å². The normalized spacial score (nSPS) is 13.8. The van der Waals surface area contributed by atoms with Crippen molar-refractivity contribution in [2.24, 2.45) is 11.3 Å². The molecule has 0 spiro atoms. The zero-order chi connectivity index (χ0) is 43.1. The van der Waals surface area contributed by atoms with Crippen LogP contribution in [0.15, 0.2) is 157 Å². The number of halogens is 8. The molecule has 0 heterocycles. The monoisotopic (exact) mass is 956 g/mol. The average molecular weight is 959 g/mol. The molecule has 6 aromatic rings. The molecule has 0 amide bonds. The molecule has 0 bridgehead atoms. The first-order valence-electron chi connectivity index (χ1n) is 20.1. The molecule has 2 aliphatic rings. The molecule has 0 N–H and O–H groups in total. The van der Waals surface area contributed by atoms with E-state index in [-0.39, 0.29) is 35.9 Å². The second kappa shape index (κ2) is 21.9.